The Morgan fingerprint density at radius 1 is 1.26 bits per heavy atom. The van der Waals surface area contributed by atoms with Gasteiger partial charge in [0.05, 0.1) is 0 Å². The van der Waals surface area contributed by atoms with Gasteiger partial charge in [0.25, 0.3) is 5.91 Å². The highest BCUT2D eigenvalue weighted by atomic mass is 16.2. The number of hydrogen-bond acceptors (Lipinski definition) is 2. The van der Waals surface area contributed by atoms with Gasteiger partial charge < -0.3 is 0 Å². The summed E-state index contributed by atoms with van der Waals surface area (Å²) in [6.45, 7) is 2.72. The van der Waals surface area contributed by atoms with Crippen LogP contribution in [0.25, 0.3) is 16.8 Å². The SMILES string of the molecule is CCc1cc(/C=C2\CNNC2=O)c2ccccc2c1. The molecule has 2 N–H and O–H groups in total. The fraction of sp³-hybridized carbons (Fsp3) is 0.188. The molecule has 2 aromatic rings. The van der Waals surface area contributed by atoms with Gasteiger partial charge in [-0.25, -0.2) is 5.43 Å². The van der Waals surface area contributed by atoms with Crippen LogP contribution in [0.1, 0.15) is 18.1 Å². The number of amides is 1. The fourth-order valence-corrected chi connectivity index (χ4v) is 2.41. The van der Waals surface area contributed by atoms with E-state index in [9.17, 15) is 4.79 Å². The van der Waals surface area contributed by atoms with Gasteiger partial charge in [0.1, 0.15) is 0 Å². The van der Waals surface area contributed by atoms with Gasteiger partial charge in [0.15, 0.2) is 0 Å². The Balaban J connectivity index is 2.18. The average molecular weight is 252 g/mol. The standard InChI is InChI=1S/C16H16N2O/c1-2-11-7-12-5-3-4-6-15(12)13(8-11)9-14-10-17-18-16(14)19/h3-9,17H,2,10H2,1H3,(H,18,19)/b14-9+. The average Bonchev–Trinajstić information content (AvgIpc) is 2.84. The zero-order chi connectivity index (χ0) is 13.2. The summed E-state index contributed by atoms with van der Waals surface area (Å²) in [5, 5.41) is 2.41. The minimum atomic E-state index is -0.0361. The molecule has 1 aliphatic heterocycles. The van der Waals surface area contributed by atoms with E-state index < -0.39 is 0 Å². The summed E-state index contributed by atoms with van der Waals surface area (Å²) in [6, 6.07) is 12.7. The van der Waals surface area contributed by atoms with Crippen molar-refractivity contribution in [1.29, 1.82) is 0 Å². The van der Waals surface area contributed by atoms with Crippen LogP contribution in [0.4, 0.5) is 0 Å². The summed E-state index contributed by atoms with van der Waals surface area (Å²) in [5.41, 5.74) is 8.64. The van der Waals surface area contributed by atoms with Crippen LogP contribution in [0.3, 0.4) is 0 Å². The highest BCUT2D eigenvalue weighted by Crippen LogP contribution is 2.24. The molecule has 1 amide bonds. The first-order valence-electron chi connectivity index (χ1n) is 6.53. The van der Waals surface area contributed by atoms with E-state index in [1.165, 1.54) is 16.3 Å². The third-order valence-electron chi connectivity index (χ3n) is 3.46. The van der Waals surface area contributed by atoms with Crippen LogP contribution in [0.5, 0.6) is 0 Å². The van der Waals surface area contributed by atoms with Crippen molar-refractivity contribution in [2.75, 3.05) is 6.54 Å². The van der Waals surface area contributed by atoms with Crippen molar-refractivity contribution in [3.63, 3.8) is 0 Å². The second-order valence-electron chi connectivity index (χ2n) is 4.74. The molecule has 19 heavy (non-hydrogen) atoms. The number of fused-ring (bicyclic) bond motifs is 1. The van der Waals surface area contributed by atoms with Crippen molar-refractivity contribution < 1.29 is 4.79 Å². The van der Waals surface area contributed by atoms with E-state index in [2.05, 4.69) is 42.0 Å². The van der Waals surface area contributed by atoms with Gasteiger partial charge in [-0.1, -0.05) is 43.3 Å². The first kappa shape index (κ1) is 11.9. The summed E-state index contributed by atoms with van der Waals surface area (Å²) in [4.78, 5) is 11.6. The highest BCUT2D eigenvalue weighted by molar-refractivity contribution is 6.02. The van der Waals surface area contributed by atoms with E-state index in [1.54, 1.807) is 0 Å². The zero-order valence-electron chi connectivity index (χ0n) is 10.9. The molecule has 2 aromatic carbocycles. The number of benzene rings is 2. The molecule has 0 unspecified atom stereocenters. The Morgan fingerprint density at radius 3 is 2.84 bits per heavy atom. The molecule has 0 spiro atoms. The predicted molar refractivity (Wildman–Crippen MR) is 77.4 cm³/mol. The van der Waals surface area contributed by atoms with Gasteiger partial charge in [-0.05, 0) is 34.4 Å². The Kier molecular flexibility index (Phi) is 3.05. The van der Waals surface area contributed by atoms with Crippen LogP contribution in [-0.2, 0) is 11.2 Å². The molecular formula is C16H16N2O. The molecule has 96 valence electrons. The molecule has 0 aromatic heterocycles. The van der Waals surface area contributed by atoms with E-state index >= 15 is 0 Å². The lowest BCUT2D eigenvalue weighted by Gasteiger charge is -2.07. The number of carbonyl (C=O) groups is 1. The van der Waals surface area contributed by atoms with E-state index in [4.69, 9.17) is 0 Å². The smallest absolute Gasteiger partial charge is 0.262 e. The van der Waals surface area contributed by atoms with E-state index in [1.807, 2.05) is 18.2 Å². The number of rotatable bonds is 2. The monoisotopic (exact) mass is 252 g/mol. The van der Waals surface area contributed by atoms with Crippen molar-refractivity contribution in [3.8, 4) is 0 Å². The number of hydrazine groups is 1. The van der Waals surface area contributed by atoms with Crippen molar-refractivity contribution in [1.82, 2.24) is 10.9 Å². The predicted octanol–water partition coefficient (Wildman–Crippen LogP) is 2.42. The Morgan fingerprint density at radius 2 is 2.11 bits per heavy atom. The lowest BCUT2D eigenvalue weighted by atomic mass is 9.98. The minimum absolute atomic E-state index is 0.0361. The topological polar surface area (TPSA) is 41.1 Å². The van der Waals surface area contributed by atoms with E-state index in [0.717, 1.165) is 17.6 Å². The van der Waals surface area contributed by atoms with Crippen molar-refractivity contribution in [2.24, 2.45) is 0 Å². The molecule has 0 atom stereocenters. The molecule has 1 aliphatic rings. The van der Waals surface area contributed by atoms with Gasteiger partial charge in [0, 0.05) is 12.1 Å². The minimum Gasteiger partial charge on any atom is -0.287 e. The molecule has 1 fully saturated rings. The maximum absolute atomic E-state index is 11.6. The Bertz CT molecular complexity index is 674. The first-order chi connectivity index (χ1) is 9.28. The van der Waals surface area contributed by atoms with Crippen LogP contribution < -0.4 is 10.9 Å². The first-order valence-corrected chi connectivity index (χ1v) is 6.53. The summed E-state index contributed by atoms with van der Waals surface area (Å²) in [5.74, 6) is -0.0361. The molecule has 0 bridgehead atoms. The lowest BCUT2D eigenvalue weighted by Crippen LogP contribution is -2.25. The molecule has 3 rings (SSSR count). The largest absolute Gasteiger partial charge is 0.287 e. The highest BCUT2D eigenvalue weighted by Gasteiger charge is 2.15. The van der Waals surface area contributed by atoms with Gasteiger partial charge in [-0.2, -0.15) is 0 Å². The van der Waals surface area contributed by atoms with Crippen LogP contribution >= 0.6 is 0 Å². The molecule has 0 aliphatic carbocycles. The normalized spacial score (nSPS) is 17.1. The van der Waals surface area contributed by atoms with Crippen molar-refractivity contribution >= 4 is 22.8 Å². The summed E-state index contributed by atoms with van der Waals surface area (Å²) < 4.78 is 0. The van der Waals surface area contributed by atoms with Crippen LogP contribution in [-0.4, -0.2) is 12.5 Å². The molecular weight excluding hydrogens is 236 g/mol. The molecule has 1 heterocycles. The van der Waals surface area contributed by atoms with E-state index in [-0.39, 0.29) is 5.91 Å². The number of hydrogen-bond donors (Lipinski definition) is 2. The maximum atomic E-state index is 11.6. The second kappa shape index (κ2) is 4.86. The fourth-order valence-electron chi connectivity index (χ4n) is 2.41. The molecule has 3 heteroatoms. The van der Waals surface area contributed by atoms with Crippen LogP contribution in [0.2, 0.25) is 0 Å². The van der Waals surface area contributed by atoms with Crippen molar-refractivity contribution in [2.45, 2.75) is 13.3 Å². The Labute approximate surface area is 112 Å². The molecule has 0 saturated carbocycles. The number of carbonyl (C=O) groups excluding carboxylic acids is 1. The summed E-state index contributed by atoms with van der Waals surface area (Å²) in [6.07, 6.45) is 2.97. The summed E-state index contributed by atoms with van der Waals surface area (Å²) >= 11 is 0. The van der Waals surface area contributed by atoms with Gasteiger partial charge >= 0.3 is 0 Å². The van der Waals surface area contributed by atoms with Gasteiger partial charge in [-0.3, -0.25) is 10.2 Å². The van der Waals surface area contributed by atoms with E-state index in [0.29, 0.717) is 6.54 Å². The quantitative estimate of drug-likeness (QED) is 0.806. The molecule has 0 radical (unpaired) electrons. The second-order valence-corrected chi connectivity index (χ2v) is 4.74. The lowest BCUT2D eigenvalue weighted by molar-refractivity contribution is -0.116. The number of aryl methyl sites for hydroxylation is 1. The zero-order valence-corrected chi connectivity index (χ0v) is 10.9. The van der Waals surface area contributed by atoms with Gasteiger partial charge in [-0.15, -0.1) is 0 Å². The maximum Gasteiger partial charge on any atom is 0.262 e. The Hall–Kier alpha value is -2.13. The third-order valence-corrected chi connectivity index (χ3v) is 3.46. The van der Waals surface area contributed by atoms with Gasteiger partial charge in [0.2, 0.25) is 0 Å². The third kappa shape index (κ3) is 2.25. The summed E-state index contributed by atoms with van der Waals surface area (Å²) in [7, 11) is 0. The van der Waals surface area contributed by atoms with Crippen LogP contribution in [0.15, 0.2) is 42.0 Å². The molecule has 1 saturated heterocycles. The molecule has 3 nitrogen and oxygen atoms in total. The van der Waals surface area contributed by atoms with Crippen LogP contribution in [0, 0.1) is 0 Å². The van der Waals surface area contributed by atoms with Crippen molar-refractivity contribution in [3.05, 3.63) is 53.1 Å². The number of nitrogens with one attached hydrogen (secondary N) is 2.